The van der Waals surface area contributed by atoms with Crippen LogP contribution in [-0.2, 0) is 11.3 Å². The zero-order chi connectivity index (χ0) is 13.9. The van der Waals surface area contributed by atoms with E-state index in [9.17, 15) is 4.79 Å². The van der Waals surface area contributed by atoms with Gasteiger partial charge in [-0.25, -0.2) is 0 Å². The van der Waals surface area contributed by atoms with Gasteiger partial charge in [-0.05, 0) is 43.9 Å². The molecule has 1 aromatic rings. The van der Waals surface area contributed by atoms with Crippen molar-refractivity contribution in [3.05, 3.63) is 35.4 Å². The standard InChI is InChI=1S/C16H24N2O/c1-4-16(10-7-11-17-16)15(19)18(3)12-14-9-6-5-8-13(14)2/h5-6,8-9,17H,4,7,10-12H2,1-3H3. The Morgan fingerprint density at radius 1 is 1.42 bits per heavy atom. The molecule has 1 aliphatic rings. The second-order valence-electron chi connectivity index (χ2n) is 5.55. The van der Waals surface area contributed by atoms with Gasteiger partial charge in [0.25, 0.3) is 0 Å². The molecule has 1 atom stereocenters. The topological polar surface area (TPSA) is 32.3 Å². The first-order chi connectivity index (χ1) is 9.09. The van der Waals surface area contributed by atoms with Crippen LogP contribution in [0.3, 0.4) is 0 Å². The summed E-state index contributed by atoms with van der Waals surface area (Å²) in [4.78, 5) is 14.5. The summed E-state index contributed by atoms with van der Waals surface area (Å²) in [5.41, 5.74) is 2.15. The molecule has 1 aromatic carbocycles. The summed E-state index contributed by atoms with van der Waals surface area (Å²) in [6, 6.07) is 8.26. The Morgan fingerprint density at radius 2 is 2.16 bits per heavy atom. The Bertz CT molecular complexity index is 450. The number of rotatable bonds is 4. The van der Waals surface area contributed by atoms with Crippen LogP contribution in [0.1, 0.15) is 37.3 Å². The Hall–Kier alpha value is -1.35. The second-order valence-corrected chi connectivity index (χ2v) is 5.55. The van der Waals surface area contributed by atoms with E-state index < -0.39 is 0 Å². The first kappa shape index (κ1) is 14.1. The van der Waals surface area contributed by atoms with Gasteiger partial charge in [0, 0.05) is 13.6 Å². The molecule has 1 fully saturated rings. The average molecular weight is 260 g/mol. The van der Waals surface area contributed by atoms with Crippen molar-refractivity contribution in [2.24, 2.45) is 0 Å². The lowest BCUT2D eigenvalue weighted by molar-refractivity contribution is -0.137. The summed E-state index contributed by atoms with van der Waals surface area (Å²) in [6.07, 6.45) is 2.92. The van der Waals surface area contributed by atoms with Crippen LogP contribution in [0.2, 0.25) is 0 Å². The fourth-order valence-electron chi connectivity index (χ4n) is 2.92. The summed E-state index contributed by atoms with van der Waals surface area (Å²) in [7, 11) is 1.91. The van der Waals surface area contributed by atoms with Gasteiger partial charge < -0.3 is 10.2 Å². The first-order valence-corrected chi connectivity index (χ1v) is 7.14. The molecule has 0 spiro atoms. The van der Waals surface area contributed by atoms with Gasteiger partial charge in [0.15, 0.2) is 0 Å². The van der Waals surface area contributed by atoms with Gasteiger partial charge in [-0.3, -0.25) is 4.79 Å². The molecule has 1 N–H and O–H groups in total. The zero-order valence-electron chi connectivity index (χ0n) is 12.2. The van der Waals surface area contributed by atoms with E-state index in [0.29, 0.717) is 6.54 Å². The Morgan fingerprint density at radius 3 is 2.74 bits per heavy atom. The summed E-state index contributed by atoms with van der Waals surface area (Å²) in [6.45, 7) is 5.83. The molecule has 3 heteroatoms. The van der Waals surface area contributed by atoms with Crippen molar-refractivity contribution in [3.8, 4) is 0 Å². The maximum Gasteiger partial charge on any atom is 0.242 e. The fourth-order valence-corrected chi connectivity index (χ4v) is 2.92. The molecule has 1 aliphatic heterocycles. The minimum absolute atomic E-state index is 0.232. The highest BCUT2D eigenvalue weighted by Gasteiger charge is 2.40. The summed E-state index contributed by atoms with van der Waals surface area (Å²) in [5.74, 6) is 0.232. The third-order valence-corrected chi connectivity index (χ3v) is 4.27. The monoisotopic (exact) mass is 260 g/mol. The molecule has 0 bridgehead atoms. The molecule has 0 radical (unpaired) electrons. The Balaban J connectivity index is 2.09. The number of aryl methyl sites for hydroxylation is 1. The van der Waals surface area contributed by atoms with Crippen LogP contribution in [0, 0.1) is 6.92 Å². The molecule has 0 aromatic heterocycles. The van der Waals surface area contributed by atoms with Crippen LogP contribution in [0.5, 0.6) is 0 Å². The lowest BCUT2D eigenvalue weighted by Crippen LogP contribution is -2.53. The van der Waals surface area contributed by atoms with E-state index in [1.165, 1.54) is 11.1 Å². The third-order valence-electron chi connectivity index (χ3n) is 4.27. The van der Waals surface area contributed by atoms with Crippen LogP contribution in [-0.4, -0.2) is 29.9 Å². The van der Waals surface area contributed by atoms with E-state index in [2.05, 4.69) is 31.3 Å². The molecule has 0 aliphatic carbocycles. The van der Waals surface area contributed by atoms with E-state index >= 15 is 0 Å². The maximum absolute atomic E-state index is 12.7. The van der Waals surface area contributed by atoms with Crippen LogP contribution < -0.4 is 5.32 Å². The minimum Gasteiger partial charge on any atom is -0.340 e. The number of likely N-dealkylation sites (N-methyl/N-ethyl adjacent to an activating group) is 1. The van der Waals surface area contributed by atoms with E-state index in [0.717, 1.165) is 25.8 Å². The highest BCUT2D eigenvalue weighted by atomic mass is 16.2. The van der Waals surface area contributed by atoms with Gasteiger partial charge in [0.05, 0.1) is 5.54 Å². The molecule has 19 heavy (non-hydrogen) atoms. The lowest BCUT2D eigenvalue weighted by atomic mass is 9.92. The number of nitrogens with zero attached hydrogens (tertiary/aromatic N) is 1. The zero-order valence-corrected chi connectivity index (χ0v) is 12.2. The predicted molar refractivity (Wildman–Crippen MR) is 77.9 cm³/mol. The van der Waals surface area contributed by atoms with Crippen molar-refractivity contribution in [1.82, 2.24) is 10.2 Å². The maximum atomic E-state index is 12.7. The number of nitrogens with one attached hydrogen (secondary N) is 1. The molecular formula is C16H24N2O. The van der Waals surface area contributed by atoms with E-state index in [1.807, 2.05) is 24.1 Å². The van der Waals surface area contributed by atoms with Crippen molar-refractivity contribution < 1.29 is 4.79 Å². The largest absolute Gasteiger partial charge is 0.340 e. The van der Waals surface area contributed by atoms with Gasteiger partial charge in [-0.1, -0.05) is 31.2 Å². The first-order valence-electron chi connectivity index (χ1n) is 7.14. The van der Waals surface area contributed by atoms with Crippen LogP contribution in [0.25, 0.3) is 0 Å². The highest BCUT2D eigenvalue weighted by molar-refractivity contribution is 5.86. The van der Waals surface area contributed by atoms with Gasteiger partial charge >= 0.3 is 0 Å². The lowest BCUT2D eigenvalue weighted by Gasteiger charge is -2.32. The van der Waals surface area contributed by atoms with Gasteiger partial charge in [0.2, 0.25) is 5.91 Å². The van der Waals surface area contributed by atoms with E-state index in [4.69, 9.17) is 0 Å². The highest BCUT2D eigenvalue weighted by Crippen LogP contribution is 2.25. The predicted octanol–water partition coefficient (Wildman–Crippen LogP) is 2.49. The van der Waals surface area contributed by atoms with Crippen molar-refractivity contribution in [2.45, 2.75) is 45.2 Å². The van der Waals surface area contributed by atoms with Crippen LogP contribution in [0.15, 0.2) is 24.3 Å². The number of hydrogen-bond acceptors (Lipinski definition) is 2. The number of carbonyl (C=O) groups is 1. The van der Waals surface area contributed by atoms with Gasteiger partial charge in [-0.15, -0.1) is 0 Å². The summed E-state index contributed by atoms with van der Waals surface area (Å²) >= 11 is 0. The third kappa shape index (κ3) is 2.81. The van der Waals surface area contributed by atoms with Crippen molar-refractivity contribution in [2.75, 3.05) is 13.6 Å². The molecule has 3 nitrogen and oxygen atoms in total. The molecule has 2 rings (SSSR count). The van der Waals surface area contributed by atoms with Crippen LogP contribution >= 0.6 is 0 Å². The second kappa shape index (κ2) is 5.74. The van der Waals surface area contributed by atoms with Crippen molar-refractivity contribution in [1.29, 1.82) is 0 Å². The molecule has 0 saturated carbocycles. The van der Waals surface area contributed by atoms with Crippen LogP contribution in [0.4, 0.5) is 0 Å². The SMILES string of the molecule is CCC1(C(=O)N(C)Cc2ccccc2C)CCCN1. The van der Waals surface area contributed by atoms with Gasteiger partial charge in [-0.2, -0.15) is 0 Å². The van der Waals surface area contributed by atoms with Crippen molar-refractivity contribution >= 4 is 5.91 Å². The quantitative estimate of drug-likeness (QED) is 0.902. The van der Waals surface area contributed by atoms with E-state index in [-0.39, 0.29) is 11.4 Å². The Kier molecular flexibility index (Phi) is 4.25. The number of hydrogen-bond donors (Lipinski definition) is 1. The normalized spacial score (nSPS) is 22.5. The van der Waals surface area contributed by atoms with E-state index in [1.54, 1.807) is 0 Å². The van der Waals surface area contributed by atoms with Gasteiger partial charge in [0.1, 0.15) is 0 Å². The smallest absolute Gasteiger partial charge is 0.242 e. The fraction of sp³-hybridized carbons (Fsp3) is 0.562. The molecule has 1 amide bonds. The molecule has 104 valence electrons. The summed E-state index contributed by atoms with van der Waals surface area (Å²) in [5, 5.41) is 3.41. The number of carbonyl (C=O) groups excluding carboxylic acids is 1. The molecule has 1 heterocycles. The van der Waals surface area contributed by atoms with Crippen molar-refractivity contribution in [3.63, 3.8) is 0 Å². The summed E-state index contributed by atoms with van der Waals surface area (Å²) < 4.78 is 0. The average Bonchev–Trinajstić information content (AvgIpc) is 2.90. The molecule has 1 saturated heterocycles. The number of benzene rings is 1. The number of amides is 1. The minimum atomic E-state index is -0.322. The molecule has 1 unspecified atom stereocenters. The Labute approximate surface area is 116 Å². The molecular weight excluding hydrogens is 236 g/mol.